The first-order valence-corrected chi connectivity index (χ1v) is 7.89. The summed E-state index contributed by atoms with van der Waals surface area (Å²) >= 11 is 0. The molecule has 2 aromatic carbocycles. The Hall–Kier alpha value is -2.82. The summed E-state index contributed by atoms with van der Waals surface area (Å²) in [5.74, 6) is -0.594. The Morgan fingerprint density at radius 2 is 1.75 bits per heavy atom. The van der Waals surface area contributed by atoms with Crippen LogP contribution in [-0.4, -0.2) is 23.6 Å². The second kappa shape index (κ2) is 8.15. The molecule has 0 saturated carbocycles. The molecule has 0 aliphatic carbocycles. The lowest BCUT2D eigenvalue weighted by Crippen LogP contribution is -2.13. The van der Waals surface area contributed by atoms with Crippen LogP contribution in [0.5, 0.6) is 5.75 Å². The van der Waals surface area contributed by atoms with Gasteiger partial charge < -0.3 is 15.2 Å². The fraction of sp³-hybridized carbons (Fsp3) is 0.263. The van der Waals surface area contributed by atoms with E-state index in [0.29, 0.717) is 17.9 Å². The molecule has 1 amide bonds. The Kier molecular flexibility index (Phi) is 5.95. The summed E-state index contributed by atoms with van der Waals surface area (Å²) in [5.41, 5.74) is 1.91. The highest BCUT2D eigenvalue weighted by Gasteiger charge is 2.11. The second-order valence-electron chi connectivity index (χ2n) is 5.52. The molecule has 0 saturated heterocycles. The second-order valence-corrected chi connectivity index (χ2v) is 5.52. The van der Waals surface area contributed by atoms with E-state index in [2.05, 4.69) is 12.2 Å². The van der Waals surface area contributed by atoms with Crippen molar-refractivity contribution in [2.45, 2.75) is 26.7 Å². The van der Waals surface area contributed by atoms with Crippen LogP contribution >= 0.6 is 0 Å². The number of aryl methyl sites for hydroxylation is 1. The normalized spacial score (nSPS) is 10.2. The molecule has 2 N–H and O–H groups in total. The van der Waals surface area contributed by atoms with Gasteiger partial charge in [0.2, 0.25) is 0 Å². The molecule has 0 unspecified atom stereocenters. The highest BCUT2D eigenvalue weighted by Crippen LogP contribution is 2.19. The standard InChI is InChI=1S/C19H21NO4/c1-3-4-11-24-16-9-7-14(8-10-16)18(21)20-17-12-15(19(22)23)6-5-13(17)2/h5-10,12H,3-4,11H2,1-2H3,(H,20,21)(H,22,23). The van der Waals surface area contributed by atoms with Crippen LogP contribution in [0.4, 0.5) is 5.69 Å². The summed E-state index contributed by atoms with van der Waals surface area (Å²) in [6, 6.07) is 11.5. The number of ether oxygens (including phenoxy) is 1. The van der Waals surface area contributed by atoms with Gasteiger partial charge in [0, 0.05) is 11.3 Å². The number of hydrogen-bond donors (Lipinski definition) is 2. The number of hydrogen-bond acceptors (Lipinski definition) is 3. The minimum Gasteiger partial charge on any atom is -0.494 e. The van der Waals surface area contributed by atoms with E-state index in [0.717, 1.165) is 24.2 Å². The number of nitrogens with one attached hydrogen (secondary N) is 1. The van der Waals surface area contributed by atoms with Crippen LogP contribution in [0.2, 0.25) is 0 Å². The SMILES string of the molecule is CCCCOc1ccc(C(=O)Nc2cc(C(=O)O)ccc2C)cc1. The molecule has 5 nitrogen and oxygen atoms in total. The van der Waals surface area contributed by atoms with E-state index in [9.17, 15) is 9.59 Å². The monoisotopic (exact) mass is 327 g/mol. The number of carboxylic acids is 1. The summed E-state index contributed by atoms with van der Waals surface area (Å²) in [4.78, 5) is 23.4. The van der Waals surface area contributed by atoms with Crippen molar-refractivity contribution in [2.75, 3.05) is 11.9 Å². The lowest BCUT2D eigenvalue weighted by Gasteiger charge is -2.10. The lowest BCUT2D eigenvalue weighted by atomic mass is 10.1. The largest absolute Gasteiger partial charge is 0.494 e. The molecule has 0 spiro atoms. The van der Waals surface area contributed by atoms with Crippen LogP contribution in [0.3, 0.4) is 0 Å². The molecule has 0 aliphatic rings. The molecule has 0 radical (unpaired) electrons. The molecule has 5 heteroatoms. The highest BCUT2D eigenvalue weighted by atomic mass is 16.5. The Bertz CT molecular complexity index is 723. The highest BCUT2D eigenvalue weighted by molar-refractivity contribution is 6.05. The maximum atomic E-state index is 12.3. The maximum Gasteiger partial charge on any atom is 0.335 e. The number of rotatable bonds is 7. The van der Waals surface area contributed by atoms with Crippen LogP contribution in [-0.2, 0) is 0 Å². The maximum absolute atomic E-state index is 12.3. The van der Waals surface area contributed by atoms with Crippen LogP contribution in [0.25, 0.3) is 0 Å². The fourth-order valence-corrected chi connectivity index (χ4v) is 2.12. The van der Waals surface area contributed by atoms with Gasteiger partial charge in [-0.3, -0.25) is 4.79 Å². The van der Waals surface area contributed by atoms with E-state index in [1.165, 1.54) is 12.1 Å². The summed E-state index contributed by atoms with van der Waals surface area (Å²) in [6.45, 7) is 4.56. The first-order chi connectivity index (χ1) is 11.5. The summed E-state index contributed by atoms with van der Waals surface area (Å²) < 4.78 is 5.56. The quantitative estimate of drug-likeness (QED) is 0.750. The fourth-order valence-electron chi connectivity index (χ4n) is 2.12. The molecule has 0 fully saturated rings. The zero-order valence-corrected chi connectivity index (χ0v) is 13.8. The number of carboxylic acid groups (broad SMARTS) is 1. The van der Waals surface area contributed by atoms with Crippen molar-refractivity contribution in [3.8, 4) is 5.75 Å². The first kappa shape index (κ1) is 17.5. The molecule has 0 aliphatic heterocycles. The van der Waals surface area contributed by atoms with Gasteiger partial charge in [-0.05, 0) is 55.3 Å². The van der Waals surface area contributed by atoms with Crippen LogP contribution in [0, 0.1) is 6.92 Å². The van der Waals surface area contributed by atoms with Gasteiger partial charge in [0.1, 0.15) is 5.75 Å². The van der Waals surface area contributed by atoms with Crippen molar-refractivity contribution in [3.63, 3.8) is 0 Å². The van der Waals surface area contributed by atoms with Crippen molar-refractivity contribution in [3.05, 3.63) is 59.2 Å². The number of benzene rings is 2. The zero-order chi connectivity index (χ0) is 17.5. The van der Waals surface area contributed by atoms with Crippen molar-refractivity contribution >= 4 is 17.6 Å². The predicted octanol–water partition coefficient (Wildman–Crippen LogP) is 4.12. The molecule has 24 heavy (non-hydrogen) atoms. The summed E-state index contributed by atoms with van der Waals surface area (Å²) in [5, 5.41) is 11.8. The number of aromatic carboxylic acids is 1. The molecule has 126 valence electrons. The zero-order valence-electron chi connectivity index (χ0n) is 13.8. The predicted molar refractivity (Wildman–Crippen MR) is 92.9 cm³/mol. The first-order valence-electron chi connectivity index (χ1n) is 7.89. The Balaban J connectivity index is 2.07. The third kappa shape index (κ3) is 4.59. The smallest absolute Gasteiger partial charge is 0.335 e. The van der Waals surface area contributed by atoms with E-state index in [1.807, 2.05) is 6.92 Å². The van der Waals surface area contributed by atoms with Crippen LogP contribution in [0.15, 0.2) is 42.5 Å². The van der Waals surface area contributed by atoms with Gasteiger partial charge in [0.25, 0.3) is 5.91 Å². The third-order valence-electron chi connectivity index (χ3n) is 3.62. The van der Waals surface area contributed by atoms with Gasteiger partial charge in [-0.1, -0.05) is 19.4 Å². The van der Waals surface area contributed by atoms with Gasteiger partial charge in [-0.15, -0.1) is 0 Å². The van der Waals surface area contributed by atoms with Crippen molar-refractivity contribution < 1.29 is 19.4 Å². The van der Waals surface area contributed by atoms with E-state index in [4.69, 9.17) is 9.84 Å². The summed E-state index contributed by atoms with van der Waals surface area (Å²) in [7, 11) is 0. The minimum atomic E-state index is -1.03. The molecular formula is C19H21NO4. The van der Waals surface area contributed by atoms with Gasteiger partial charge in [0.15, 0.2) is 0 Å². The van der Waals surface area contributed by atoms with E-state index < -0.39 is 5.97 Å². The topological polar surface area (TPSA) is 75.6 Å². The van der Waals surface area contributed by atoms with E-state index in [-0.39, 0.29) is 11.5 Å². The Morgan fingerprint density at radius 1 is 1.08 bits per heavy atom. The molecule has 0 atom stereocenters. The third-order valence-corrected chi connectivity index (χ3v) is 3.62. The molecule has 2 rings (SSSR count). The Morgan fingerprint density at radius 3 is 2.38 bits per heavy atom. The van der Waals surface area contributed by atoms with E-state index in [1.54, 1.807) is 30.3 Å². The Labute approximate surface area is 141 Å². The molecule has 0 aromatic heterocycles. The van der Waals surface area contributed by atoms with Crippen molar-refractivity contribution in [2.24, 2.45) is 0 Å². The van der Waals surface area contributed by atoms with E-state index >= 15 is 0 Å². The number of amides is 1. The molecular weight excluding hydrogens is 306 g/mol. The number of carbonyl (C=O) groups excluding carboxylic acids is 1. The van der Waals surface area contributed by atoms with Gasteiger partial charge in [-0.2, -0.15) is 0 Å². The number of anilines is 1. The average molecular weight is 327 g/mol. The number of carbonyl (C=O) groups is 2. The summed E-state index contributed by atoms with van der Waals surface area (Å²) in [6.07, 6.45) is 2.05. The van der Waals surface area contributed by atoms with Crippen LogP contribution in [0.1, 0.15) is 46.0 Å². The minimum absolute atomic E-state index is 0.135. The molecule has 0 heterocycles. The van der Waals surface area contributed by atoms with Crippen molar-refractivity contribution in [1.82, 2.24) is 0 Å². The van der Waals surface area contributed by atoms with Crippen LogP contribution < -0.4 is 10.1 Å². The van der Waals surface area contributed by atoms with Gasteiger partial charge >= 0.3 is 5.97 Å². The number of unbranched alkanes of at least 4 members (excludes halogenated alkanes) is 1. The van der Waals surface area contributed by atoms with Gasteiger partial charge in [0.05, 0.1) is 12.2 Å². The van der Waals surface area contributed by atoms with Gasteiger partial charge in [-0.25, -0.2) is 4.79 Å². The molecule has 0 bridgehead atoms. The van der Waals surface area contributed by atoms with Crippen molar-refractivity contribution in [1.29, 1.82) is 0 Å². The average Bonchev–Trinajstić information content (AvgIpc) is 2.57. The molecule has 2 aromatic rings. The lowest BCUT2D eigenvalue weighted by molar-refractivity contribution is 0.0696.